The lowest BCUT2D eigenvalue weighted by Gasteiger charge is -2.09. The molecule has 0 aliphatic rings. The van der Waals surface area contributed by atoms with E-state index in [0.29, 0.717) is 5.69 Å². The van der Waals surface area contributed by atoms with E-state index < -0.39 is 11.7 Å². The Hall–Kier alpha value is -2.29. The topological polar surface area (TPSA) is 48.5 Å². The molecule has 0 aliphatic heterocycles. The number of thioether (sulfide) groups is 1. The predicted molar refractivity (Wildman–Crippen MR) is 104 cm³/mol. The summed E-state index contributed by atoms with van der Waals surface area (Å²) < 4.78 is 41.9. The summed E-state index contributed by atoms with van der Waals surface area (Å²) in [4.78, 5) is 4.67. The van der Waals surface area contributed by atoms with Crippen molar-refractivity contribution in [2.45, 2.75) is 45.2 Å². The second kappa shape index (κ2) is 8.38. The largest absolute Gasteiger partial charge is 0.416 e. The van der Waals surface area contributed by atoms with E-state index in [0.717, 1.165) is 60.2 Å². The molecule has 2 heterocycles. The third kappa shape index (κ3) is 4.24. The van der Waals surface area contributed by atoms with Gasteiger partial charge in [-0.2, -0.15) is 35.1 Å². The molecule has 0 amide bonds. The third-order valence-corrected chi connectivity index (χ3v) is 4.95. The summed E-state index contributed by atoms with van der Waals surface area (Å²) in [5.74, 6) is 2.23. The van der Waals surface area contributed by atoms with Crippen LogP contribution in [0.15, 0.2) is 30.5 Å². The molecule has 3 aromatic rings. The van der Waals surface area contributed by atoms with Crippen LogP contribution in [0.1, 0.15) is 36.8 Å². The van der Waals surface area contributed by atoms with E-state index in [1.165, 1.54) is 12.1 Å². The molecule has 9 heteroatoms. The minimum Gasteiger partial charge on any atom is -0.245 e. The molecule has 0 fully saturated rings. The van der Waals surface area contributed by atoms with Crippen LogP contribution in [0.5, 0.6) is 0 Å². The van der Waals surface area contributed by atoms with Crippen molar-refractivity contribution in [3.63, 3.8) is 0 Å². The average molecular weight is 409 g/mol. The highest BCUT2D eigenvalue weighted by Crippen LogP contribution is 2.30. The maximum Gasteiger partial charge on any atom is 0.416 e. The van der Waals surface area contributed by atoms with Crippen LogP contribution in [0.25, 0.3) is 17.1 Å². The van der Waals surface area contributed by atoms with Gasteiger partial charge in [-0.25, -0.2) is 14.3 Å². The molecule has 0 bridgehead atoms. The zero-order valence-electron chi connectivity index (χ0n) is 16.0. The van der Waals surface area contributed by atoms with Gasteiger partial charge in [0.25, 0.3) is 0 Å². The minimum absolute atomic E-state index is 0.570. The number of nitrogens with zero attached hydrogens (tertiary/aromatic N) is 5. The number of aromatic nitrogens is 5. The average Bonchev–Trinajstić information content (AvgIpc) is 3.22. The summed E-state index contributed by atoms with van der Waals surface area (Å²) in [5.41, 5.74) is 1.53. The van der Waals surface area contributed by atoms with E-state index in [4.69, 9.17) is 0 Å². The zero-order chi connectivity index (χ0) is 20.3. The smallest absolute Gasteiger partial charge is 0.245 e. The molecule has 5 nitrogen and oxygen atoms in total. The molecule has 0 unspecified atom stereocenters. The van der Waals surface area contributed by atoms with Crippen LogP contribution in [0.2, 0.25) is 0 Å². The van der Waals surface area contributed by atoms with Gasteiger partial charge in [0.2, 0.25) is 0 Å². The summed E-state index contributed by atoms with van der Waals surface area (Å²) in [6.45, 7) is 4.76. The van der Waals surface area contributed by atoms with Gasteiger partial charge in [0.15, 0.2) is 11.6 Å². The molecular formula is C19H22F3N5S. The van der Waals surface area contributed by atoms with Crippen LogP contribution in [0.3, 0.4) is 0 Å². The molecule has 0 N–H and O–H groups in total. The van der Waals surface area contributed by atoms with Crippen LogP contribution < -0.4 is 0 Å². The van der Waals surface area contributed by atoms with Gasteiger partial charge < -0.3 is 0 Å². The highest BCUT2D eigenvalue weighted by molar-refractivity contribution is 7.97. The summed E-state index contributed by atoms with van der Waals surface area (Å²) in [5, 5.41) is 8.98. The molecule has 0 spiro atoms. The van der Waals surface area contributed by atoms with Gasteiger partial charge in [-0.05, 0) is 43.9 Å². The standard InChI is InChI=1S/C19H22F3N5S/c1-4-5-10-26-18(24-17(25-26)12-28-3)16-11-23-27(13(16)2)15-8-6-14(7-9-15)19(20,21)22/h6-9,11H,4-5,10,12H2,1-3H3. The van der Waals surface area contributed by atoms with Gasteiger partial charge in [0, 0.05) is 6.54 Å². The Morgan fingerprint density at radius 2 is 1.86 bits per heavy atom. The maximum absolute atomic E-state index is 12.8. The fraction of sp³-hybridized carbons (Fsp3) is 0.421. The number of alkyl halides is 3. The van der Waals surface area contributed by atoms with Gasteiger partial charge in [-0.1, -0.05) is 13.3 Å². The molecule has 0 atom stereocenters. The number of halogens is 3. The molecule has 0 saturated heterocycles. The minimum atomic E-state index is -4.35. The zero-order valence-corrected chi connectivity index (χ0v) is 16.8. The Morgan fingerprint density at radius 3 is 2.46 bits per heavy atom. The maximum atomic E-state index is 12.8. The number of unbranched alkanes of at least 4 members (excludes halogenated alkanes) is 1. The normalized spacial score (nSPS) is 11.9. The summed E-state index contributed by atoms with van der Waals surface area (Å²) in [6, 6.07) is 4.98. The Kier molecular flexibility index (Phi) is 6.12. The van der Waals surface area contributed by atoms with Crippen molar-refractivity contribution in [2.24, 2.45) is 0 Å². The molecule has 2 aromatic heterocycles. The van der Waals surface area contributed by atoms with Crippen LogP contribution in [-0.2, 0) is 18.5 Å². The summed E-state index contributed by atoms with van der Waals surface area (Å²) in [7, 11) is 0. The van der Waals surface area contributed by atoms with Crippen LogP contribution in [0.4, 0.5) is 13.2 Å². The summed E-state index contributed by atoms with van der Waals surface area (Å²) in [6.07, 6.45) is 1.37. The SMILES string of the molecule is CCCCn1nc(CSC)nc1-c1cnn(-c2ccc(C(F)(F)F)cc2)c1C. The number of benzene rings is 1. The van der Waals surface area contributed by atoms with Crippen molar-refractivity contribution in [1.82, 2.24) is 24.5 Å². The Bertz CT molecular complexity index is 928. The molecular weight excluding hydrogens is 387 g/mol. The van der Waals surface area contributed by atoms with E-state index >= 15 is 0 Å². The first-order chi connectivity index (χ1) is 13.3. The van der Waals surface area contributed by atoms with Gasteiger partial charge in [0.1, 0.15) is 0 Å². The number of hydrogen-bond donors (Lipinski definition) is 0. The van der Waals surface area contributed by atoms with E-state index in [9.17, 15) is 13.2 Å². The van der Waals surface area contributed by atoms with Crippen LogP contribution >= 0.6 is 11.8 Å². The van der Waals surface area contributed by atoms with Crippen molar-refractivity contribution in [3.8, 4) is 17.1 Å². The molecule has 3 rings (SSSR count). The second-order valence-electron chi connectivity index (χ2n) is 6.46. The lowest BCUT2D eigenvalue weighted by atomic mass is 10.2. The van der Waals surface area contributed by atoms with E-state index in [1.54, 1.807) is 22.6 Å². The van der Waals surface area contributed by atoms with Crippen molar-refractivity contribution in [3.05, 3.63) is 47.5 Å². The number of hydrogen-bond acceptors (Lipinski definition) is 4. The lowest BCUT2D eigenvalue weighted by molar-refractivity contribution is -0.137. The van der Waals surface area contributed by atoms with E-state index in [2.05, 4.69) is 22.1 Å². The highest BCUT2D eigenvalue weighted by Gasteiger charge is 2.30. The van der Waals surface area contributed by atoms with Gasteiger partial charge >= 0.3 is 6.18 Å². The first kappa shape index (κ1) is 20.4. The fourth-order valence-corrected chi connectivity index (χ4v) is 3.30. The molecule has 1 aromatic carbocycles. The van der Waals surface area contributed by atoms with Gasteiger partial charge in [-0.3, -0.25) is 0 Å². The van der Waals surface area contributed by atoms with E-state index in [-0.39, 0.29) is 0 Å². The second-order valence-corrected chi connectivity index (χ2v) is 7.33. The van der Waals surface area contributed by atoms with Gasteiger partial charge in [-0.15, -0.1) is 0 Å². The number of rotatable bonds is 7. The summed E-state index contributed by atoms with van der Waals surface area (Å²) >= 11 is 1.65. The lowest BCUT2D eigenvalue weighted by Crippen LogP contribution is -2.06. The Labute approximate surface area is 166 Å². The molecule has 150 valence electrons. The van der Waals surface area contributed by atoms with Gasteiger partial charge in [0.05, 0.1) is 34.5 Å². The van der Waals surface area contributed by atoms with Crippen molar-refractivity contribution >= 4 is 11.8 Å². The first-order valence-corrected chi connectivity index (χ1v) is 10.4. The first-order valence-electron chi connectivity index (χ1n) is 9.00. The van der Waals surface area contributed by atoms with Crippen LogP contribution in [-0.4, -0.2) is 30.8 Å². The molecule has 0 aliphatic carbocycles. The van der Waals surface area contributed by atoms with Crippen molar-refractivity contribution in [1.29, 1.82) is 0 Å². The van der Waals surface area contributed by atoms with Crippen molar-refractivity contribution in [2.75, 3.05) is 6.26 Å². The molecule has 0 saturated carbocycles. The highest BCUT2D eigenvalue weighted by atomic mass is 32.2. The van der Waals surface area contributed by atoms with Crippen LogP contribution in [0, 0.1) is 6.92 Å². The molecule has 0 radical (unpaired) electrons. The monoisotopic (exact) mass is 409 g/mol. The quantitative estimate of drug-likeness (QED) is 0.543. The fourth-order valence-electron chi connectivity index (χ4n) is 2.92. The predicted octanol–water partition coefficient (Wildman–Crippen LogP) is 5.12. The molecule has 28 heavy (non-hydrogen) atoms. The number of aryl methyl sites for hydroxylation is 1. The Morgan fingerprint density at radius 1 is 1.14 bits per heavy atom. The third-order valence-electron chi connectivity index (χ3n) is 4.40. The van der Waals surface area contributed by atoms with E-state index in [1.807, 2.05) is 17.9 Å². The van der Waals surface area contributed by atoms with Crippen molar-refractivity contribution < 1.29 is 13.2 Å². The Balaban J connectivity index is 1.97.